The number of methoxy groups -OCH3 is 1. The molecule has 0 saturated carbocycles. The third-order valence-electron chi connectivity index (χ3n) is 4.04. The van der Waals surface area contributed by atoms with E-state index in [9.17, 15) is 9.59 Å². The summed E-state index contributed by atoms with van der Waals surface area (Å²) in [5, 5.41) is 5.36. The van der Waals surface area contributed by atoms with Crippen LogP contribution in [0.4, 0.5) is 0 Å². The van der Waals surface area contributed by atoms with Crippen molar-refractivity contribution in [2.24, 2.45) is 0 Å². The molecule has 1 aliphatic rings. The number of benzene rings is 1. The van der Waals surface area contributed by atoms with E-state index in [4.69, 9.17) is 4.74 Å². The molecule has 1 aromatic rings. The molecule has 0 aromatic heterocycles. The van der Waals surface area contributed by atoms with Crippen LogP contribution in [0.3, 0.4) is 0 Å². The molecule has 1 atom stereocenters. The second-order valence-corrected chi connectivity index (χ2v) is 5.59. The van der Waals surface area contributed by atoms with Crippen LogP contribution in [-0.4, -0.2) is 32.0 Å². The SMILES string of the molecule is CCNC(=O)CNC(=O)CC1CCCc2cc(OC)ccc21. The summed E-state index contributed by atoms with van der Waals surface area (Å²) in [6.07, 6.45) is 3.55. The van der Waals surface area contributed by atoms with E-state index in [-0.39, 0.29) is 24.3 Å². The molecule has 120 valence electrons. The fourth-order valence-electron chi connectivity index (χ4n) is 2.96. The highest BCUT2D eigenvalue weighted by molar-refractivity contribution is 5.85. The van der Waals surface area contributed by atoms with Crippen molar-refractivity contribution in [1.82, 2.24) is 10.6 Å². The first kappa shape index (κ1) is 16.3. The molecule has 0 radical (unpaired) electrons. The van der Waals surface area contributed by atoms with Gasteiger partial charge in [0.1, 0.15) is 5.75 Å². The third kappa shape index (κ3) is 4.23. The Labute approximate surface area is 131 Å². The number of hydrogen-bond acceptors (Lipinski definition) is 3. The lowest BCUT2D eigenvalue weighted by molar-refractivity contribution is -0.126. The number of amides is 2. The summed E-state index contributed by atoms with van der Waals surface area (Å²) < 4.78 is 5.26. The Balaban J connectivity index is 1.94. The molecule has 5 heteroatoms. The fourth-order valence-corrected chi connectivity index (χ4v) is 2.96. The first-order valence-electron chi connectivity index (χ1n) is 7.84. The number of carbonyl (C=O) groups excluding carboxylic acids is 2. The van der Waals surface area contributed by atoms with Crippen molar-refractivity contribution in [3.63, 3.8) is 0 Å². The van der Waals surface area contributed by atoms with E-state index >= 15 is 0 Å². The quantitative estimate of drug-likeness (QED) is 0.841. The Hall–Kier alpha value is -2.04. The summed E-state index contributed by atoms with van der Waals surface area (Å²) >= 11 is 0. The van der Waals surface area contributed by atoms with Gasteiger partial charge in [-0.1, -0.05) is 6.07 Å². The van der Waals surface area contributed by atoms with Gasteiger partial charge in [-0.2, -0.15) is 0 Å². The van der Waals surface area contributed by atoms with Gasteiger partial charge >= 0.3 is 0 Å². The zero-order valence-electron chi connectivity index (χ0n) is 13.3. The average Bonchev–Trinajstić information content (AvgIpc) is 2.53. The first-order chi connectivity index (χ1) is 10.6. The van der Waals surface area contributed by atoms with Crippen LogP contribution in [0.1, 0.15) is 43.2 Å². The van der Waals surface area contributed by atoms with Gasteiger partial charge in [0, 0.05) is 13.0 Å². The molecule has 22 heavy (non-hydrogen) atoms. The van der Waals surface area contributed by atoms with Crippen LogP contribution < -0.4 is 15.4 Å². The van der Waals surface area contributed by atoms with Crippen LogP contribution in [0.2, 0.25) is 0 Å². The van der Waals surface area contributed by atoms with Gasteiger partial charge in [0.05, 0.1) is 13.7 Å². The Morgan fingerprint density at radius 1 is 1.27 bits per heavy atom. The summed E-state index contributed by atoms with van der Waals surface area (Å²) in [6.45, 7) is 2.48. The van der Waals surface area contributed by atoms with Crippen molar-refractivity contribution in [2.75, 3.05) is 20.2 Å². The maximum atomic E-state index is 12.0. The lowest BCUT2D eigenvalue weighted by Gasteiger charge is -2.25. The lowest BCUT2D eigenvalue weighted by Crippen LogP contribution is -2.37. The van der Waals surface area contributed by atoms with E-state index in [0.29, 0.717) is 13.0 Å². The number of likely N-dealkylation sites (N-methyl/N-ethyl adjacent to an activating group) is 1. The minimum absolute atomic E-state index is 0.0505. The normalized spacial score (nSPS) is 16.5. The van der Waals surface area contributed by atoms with Crippen LogP contribution in [0, 0.1) is 0 Å². The molecule has 2 N–H and O–H groups in total. The monoisotopic (exact) mass is 304 g/mol. The van der Waals surface area contributed by atoms with Gasteiger partial charge in [-0.3, -0.25) is 9.59 Å². The van der Waals surface area contributed by atoms with E-state index in [1.807, 2.05) is 13.0 Å². The van der Waals surface area contributed by atoms with Crippen LogP contribution in [0.15, 0.2) is 18.2 Å². The number of aryl methyl sites for hydroxylation is 1. The molecule has 0 heterocycles. The van der Waals surface area contributed by atoms with Crippen LogP contribution in [-0.2, 0) is 16.0 Å². The summed E-state index contributed by atoms with van der Waals surface area (Å²) in [7, 11) is 1.66. The third-order valence-corrected chi connectivity index (χ3v) is 4.04. The Morgan fingerprint density at radius 3 is 2.82 bits per heavy atom. The highest BCUT2D eigenvalue weighted by Crippen LogP contribution is 2.35. The molecule has 0 spiro atoms. The Kier molecular flexibility index (Phi) is 5.81. The van der Waals surface area contributed by atoms with E-state index in [0.717, 1.165) is 25.0 Å². The van der Waals surface area contributed by atoms with Crippen molar-refractivity contribution in [1.29, 1.82) is 0 Å². The van der Waals surface area contributed by atoms with Crippen LogP contribution >= 0.6 is 0 Å². The summed E-state index contributed by atoms with van der Waals surface area (Å²) in [4.78, 5) is 23.4. The summed E-state index contributed by atoms with van der Waals surface area (Å²) in [6, 6.07) is 6.08. The second-order valence-electron chi connectivity index (χ2n) is 5.59. The lowest BCUT2D eigenvalue weighted by atomic mass is 9.81. The summed E-state index contributed by atoms with van der Waals surface area (Å²) in [5.41, 5.74) is 2.51. The number of carbonyl (C=O) groups is 2. The average molecular weight is 304 g/mol. The highest BCUT2D eigenvalue weighted by atomic mass is 16.5. The predicted molar refractivity (Wildman–Crippen MR) is 85.0 cm³/mol. The van der Waals surface area contributed by atoms with E-state index < -0.39 is 0 Å². The summed E-state index contributed by atoms with van der Waals surface area (Å²) in [5.74, 6) is 0.869. The molecule has 0 fully saturated rings. The van der Waals surface area contributed by atoms with E-state index in [1.165, 1.54) is 11.1 Å². The number of rotatable bonds is 6. The topological polar surface area (TPSA) is 67.4 Å². The molecule has 0 bridgehead atoms. The molecule has 1 unspecified atom stereocenters. The molecule has 2 amide bonds. The smallest absolute Gasteiger partial charge is 0.239 e. The van der Waals surface area contributed by atoms with Crippen LogP contribution in [0.5, 0.6) is 5.75 Å². The van der Waals surface area contributed by atoms with Gasteiger partial charge in [0.15, 0.2) is 0 Å². The van der Waals surface area contributed by atoms with Crippen LogP contribution in [0.25, 0.3) is 0 Å². The van der Waals surface area contributed by atoms with Gasteiger partial charge in [-0.25, -0.2) is 0 Å². The number of nitrogens with one attached hydrogen (secondary N) is 2. The van der Waals surface area contributed by atoms with E-state index in [1.54, 1.807) is 7.11 Å². The van der Waals surface area contributed by atoms with Crippen molar-refractivity contribution in [2.45, 2.75) is 38.5 Å². The number of hydrogen-bond donors (Lipinski definition) is 2. The van der Waals surface area contributed by atoms with E-state index in [2.05, 4.69) is 22.8 Å². The molecule has 2 rings (SSSR count). The van der Waals surface area contributed by atoms with Gasteiger partial charge in [0.2, 0.25) is 11.8 Å². The van der Waals surface area contributed by atoms with Gasteiger partial charge in [-0.15, -0.1) is 0 Å². The second kappa shape index (κ2) is 7.82. The maximum absolute atomic E-state index is 12.0. The Morgan fingerprint density at radius 2 is 2.09 bits per heavy atom. The van der Waals surface area contributed by atoms with Crippen molar-refractivity contribution < 1.29 is 14.3 Å². The molecule has 0 aliphatic heterocycles. The van der Waals surface area contributed by atoms with Crippen molar-refractivity contribution >= 4 is 11.8 Å². The van der Waals surface area contributed by atoms with Gasteiger partial charge in [-0.05, 0) is 55.4 Å². The largest absolute Gasteiger partial charge is 0.497 e. The molecule has 1 aromatic carbocycles. The maximum Gasteiger partial charge on any atom is 0.239 e. The van der Waals surface area contributed by atoms with Gasteiger partial charge < -0.3 is 15.4 Å². The molecule has 1 aliphatic carbocycles. The molecule has 5 nitrogen and oxygen atoms in total. The minimum Gasteiger partial charge on any atom is -0.497 e. The molecule has 0 saturated heterocycles. The highest BCUT2D eigenvalue weighted by Gasteiger charge is 2.23. The minimum atomic E-state index is -0.148. The zero-order valence-corrected chi connectivity index (χ0v) is 13.3. The predicted octanol–water partition coefficient (Wildman–Crippen LogP) is 1.76. The Bertz CT molecular complexity index is 543. The number of fused-ring (bicyclic) bond motifs is 1. The fraction of sp³-hybridized carbons (Fsp3) is 0.529. The molecular formula is C17H24N2O3. The van der Waals surface area contributed by atoms with Crippen molar-refractivity contribution in [3.05, 3.63) is 29.3 Å². The first-order valence-corrected chi connectivity index (χ1v) is 7.84. The van der Waals surface area contributed by atoms with Gasteiger partial charge in [0.25, 0.3) is 0 Å². The molecular weight excluding hydrogens is 280 g/mol. The van der Waals surface area contributed by atoms with Crippen molar-refractivity contribution in [3.8, 4) is 5.75 Å². The standard InChI is InChI=1S/C17H24N2O3/c1-3-18-17(21)11-19-16(20)10-13-6-4-5-12-9-14(22-2)7-8-15(12)13/h7-9,13H,3-6,10-11H2,1-2H3,(H,18,21)(H,19,20). The number of ether oxygens (including phenoxy) is 1. The zero-order chi connectivity index (χ0) is 15.9.